The maximum absolute atomic E-state index is 12.2. The van der Waals surface area contributed by atoms with Gasteiger partial charge in [-0.25, -0.2) is 0 Å². The molecule has 0 saturated carbocycles. The lowest BCUT2D eigenvalue weighted by Crippen LogP contribution is -2.18. The Kier molecular flexibility index (Phi) is 47.6. The lowest BCUT2D eigenvalue weighted by Gasteiger charge is -2.26. The van der Waals surface area contributed by atoms with Gasteiger partial charge < -0.3 is 99.5 Å². The van der Waals surface area contributed by atoms with Crippen molar-refractivity contribution >= 4 is 27.3 Å². The maximum Gasteiger partial charge on any atom is 0.193 e. The minimum absolute atomic E-state index is 0.0136. The first kappa shape index (κ1) is 112. The SMILES string of the molecule is COc1ccc(-c2ccc(OC)cc2)cc1.COc1ccc(C(=O)c2ccc(OC)cc2)cc1.COc1ccc(C(C)(C)c2ccc(OC)cc2)cc1.COc1ccc(OC)c(-c2ccccc2)c1.COc1ccc(OC)cc1.COc1ccc(OC)cc1.COc1ccc(Oc2ccc(OC)cc2)cc1.COc1ccc2cc(OC)ccc2c1.COc1cccc(OC)c1.COc1cccc2c(OC)cccc12. The van der Waals surface area contributed by atoms with Crippen molar-refractivity contribution in [3.05, 3.63) is 411 Å². The zero-order valence-electron chi connectivity index (χ0n) is 85.9. The number of ketones is 1. The largest absolute Gasteiger partial charge is 0.497 e. The van der Waals surface area contributed by atoms with Crippen molar-refractivity contribution < 1.29 is 104 Å². The Bertz CT molecular complexity index is 6120. The van der Waals surface area contributed by atoms with E-state index in [9.17, 15) is 4.79 Å². The molecule has 0 bridgehead atoms. The number of benzene rings is 17. The van der Waals surface area contributed by atoms with Gasteiger partial charge in [0.1, 0.15) is 126 Å². The molecule has 17 rings (SSSR count). The summed E-state index contributed by atoms with van der Waals surface area (Å²) < 4.78 is 108. The highest BCUT2D eigenvalue weighted by molar-refractivity contribution is 6.09. The van der Waals surface area contributed by atoms with Gasteiger partial charge in [-0.1, -0.05) is 135 Å². The maximum atomic E-state index is 12.2. The van der Waals surface area contributed by atoms with Crippen molar-refractivity contribution in [3.8, 4) is 149 Å². The van der Waals surface area contributed by atoms with E-state index in [0.29, 0.717) is 11.1 Å². The molecule has 0 saturated heterocycles. The zero-order valence-corrected chi connectivity index (χ0v) is 85.9. The van der Waals surface area contributed by atoms with Crippen molar-refractivity contribution in [2.45, 2.75) is 19.3 Å². The quantitative estimate of drug-likeness (QED) is 0.0417. The molecule has 0 radical (unpaired) electrons. The van der Waals surface area contributed by atoms with Crippen LogP contribution in [-0.4, -0.2) is 148 Å². The molecule has 0 amide bonds. The molecule has 0 heterocycles. The third kappa shape index (κ3) is 35.6. The molecule has 0 aromatic heterocycles. The molecule has 0 unspecified atom stereocenters. The summed E-state index contributed by atoms with van der Waals surface area (Å²) in [4.78, 5) is 12.2. The van der Waals surface area contributed by atoms with Crippen LogP contribution >= 0.6 is 0 Å². The summed E-state index contributed by atoms with van der Waals surface area (Å²) in [7, 11) is 33.0. The summed E-state index contributed by atoms with van der Waals surface area (Å²) in [5.74, 6) is 18.4. The number of ether oxygens (including phenoxy) is 21. The average molecular weight is 1950 g/mol. The second-order valence-electron chi connectivity index (χ2n) is 30.9. The summed E-state index contributed by atoms with van der Waals surface area (Å²) in [6.45, 7) is 4.44. The van der Waals surface area contributed by atoms with Gasteiger partial charge in [0.15, 0.2) is 5.78 Å². The third-order valence-electron chi connectivity index (χ3n) is 22.1. The summed E-state index contributed by atoms with van der Waals surface area (Å²) in [6.07, 6.45) is 0. The second-order valence-corrected chi connectivity index (χ2v) is 30.9. The first-order valence-electron chi connectivity index (χ1n) is 45.5. The van der Waals surface area contributed by atoms with E-state index in [2.05, 4.69) is 50.2 Å². The summed E-state index contributed by atoms with van der Waals surface area (Å²) in [5, 5.41) is 4.47. The van der Waals surface area contributed by atoms with Crippen LogP contribution in [0.25, 0.3) is 43.8 Å². The monoisotopic (exact) mass is 1950 g/mol. The van der Waals surface area contributed by atoms with Gasteiger partial charge in [0.25, 0.3) is 0 Å². The number of hydrogen-bond acceptors (Lipinski definition) is 22. The molecule has 750 valence electrons. The van der Waals surface area contributed by atoms with Gasteiger partial charge in [-0.15, -0.1) is 0 Å². The molecule has 144 heavy (non-hydrogen) atoms. The van der Waals surface area contributed by atoms with E-state index in [0.717, 1.165) is 159 Å². The molecule has 0 N–H and O–H groups in total. The number of carbonyl (C=O) groups is 1. The van der Waals surface area contributed by atoms with Crippen LogP contribution in [0.1, 0.15) is 40.9 Å². The van der Waals surface area contributed by atoms with Gasteiger partial charge in [0.05, 0.1) is 142 Å². The van der Waals surface area contributed by atoms with Gasteiger partial charge >= 0.3 is 0 Å². The van der Waals surface area contributed by atoms with E-state index in [4.69, 9.17) is 99.5 Å². The Morgan fingerprint density at radius 3 is 0.681 bits per heavy atom. The minimum atomic E-state index is -0.0431. The fourth-order valence-corrected chi connectivity index (χ4v) is 13.7. The molecule has 17 aromatic carbocycles. The van der Waals surface area contributed by atoms with Crippen LogP contribution in [0.3, 0.4) is 0 Å². The van der Waals surface area contributed by atoms with Crippen LogP contribution in [0, 0.1) is 0 Å². The highest BCUT2D eigenvalue weighted by Gasteiger charge is 2.23. The van der Waals surface area contributed by atoms with E-state index in [1.54, 1.807) is 191 Å². The minimum Gasteiger partial charge on any atom is -0.497 e. The van der Waals surface area contributed by atoms with E-state index in [-0.39, 0.29) is 11.2 Å². The van der Waals surface area contributed by atoms with Crippen LogP contribution in [0.2, 0.25) is 0 Å². The molecular formula is C122H130O22. The topological polar surface area (TPSA) is 211 Å². The third-order valence-corrected chi connectivity index (χ3v) is 22.1. The van der Waals surface area contributed by atoms with Crippen LogP contribution < -0.4 is 99.5 Å². The van der Waals surface area contributed by atoms with Gasteiger partial charge in [0, 0.05) is 38.9 Å². The highest BCUT2D eigenvalue weighted by Crippen LogP contribution is 2.38. The van der Waals surface area contributed by atoms with Crippen molar-refractivity contribution in [2.24, 2.45) is 0 Å². The Morgan fingerprint density at radius 1 is 0.174 bits per heavy atom. The fraction of sp³-hybridized carbons (Fsp3) is 0.189. The van der Waals surface area contributed by atoms with Gasteiger partial charge in [-0.3, -0.25) is 4.79 Å². The molecule has 22 nitrogen and oxygen atoms in total. The number of carbonyl (C=O) groups excluding carboxylic acids is 1. The van der Waals surface area contributed by atoms with E-state index < -0.39 is 0 Å². The van der Waals surface area contributed by atoms with E-state index >= 15 is 0 Å². The van der Waals surface area contributed by atoms with Crippen LogP contribution in [-0.2, 0) is 5.41 Å². The molecule has 0 aliphatic heterocycles. The van der Waals surface area contributed by atoms with Crippen molar-refractivity contribution in [2.75, 3.05) is 142 Å². The van der Waals surface area contributed by atoms with E-state index in [1.165, 1.54) is 22.3 Å². The number of hydrogen-bond donors (Lipinski definition) is 0. The Hall–Kier alpha value is -17.3. The average Bonchev–Trinajstić information content (AvgIpc) is 0.801. The normalized spacial score (nSPS) is 9.90. The lowest BCUT2D eigenvalue weighted by atomic mass is 9.78. The molecule has 0 fully saturated rings. The molecule has 0 atom stereocenters. The van der Waals surface area contributed by atoms with Crippen molar-refractivity contribution in [3.63, 3.8) is 0 Å². The number of methoxy groups -OCH3 is 20. The Balaban J connectivity index is 0.000000197. The standard InChI is InChI=1S/C17H20O2.C15H14O3.C14H14O3.2C14H14O2.2C12H12O2.3C8H10O2/c1-17(2,13-5-9-15(18-3)10-6-13)14-7-11-16(19-4)12-8-14;1-17-13-7-3-11(4-8-13)15(16)12-5-9-14(18-2)10-6-12;1-15-11-3-7-13(8-4-11)17-14-9-5-12(16-2)6-10-14;1-15-13-7-3-11(4-8-13)12-5-9-14(16-2)10-6-12;1-15-12-8-9-14(16-2)13(10-12)11-6-4-3-5-7-11;1-13-11-7-3-6-10-9(11)5-4-8-12(10)14-2;1-13-11-5-3-10-8-12(14-2)6-4-9(10)7-11;2*1-9-7-3-5-8(10-2)6-4-7;1-9-7-4-3-5-8(6-7)10-2/h5-12H,1-4H3;3-10H,1-2H3;3-10H,1-2H3;2*3-10H,1-2H3;2*3-8H,1-2H3;3*3-6H,1-2H3. The Morgan fingerprint density at radius 2 is 0.403 bits per heavy atom. The van der Waals surface area contributed by atoms with Gasteiger partial charge in [0.2, 0.25) is 0 Å². The summed E-state index contributed by atoms with van der Waals surface area (Å²) in [5.41, 5.74) is 8.27. The number of rotatable bonds is 28. The lowest BCUT2D eigenvalue weighted by molar-refractivity contribution is 0.103. The van der Waals surface area contributed by atoms with Gasteiger partial charge in [-0.05, 0) is 299 Å². The first-order valence-corrected chi connectivity index (χ1v) is 45.5. The van der Waals surface area contributed by atoms with Crippen molar-refractivity contribution in [1.82, 2.24) is 0 Å². The highest BCUT2D eigenvalue weighted by atomic mass is 16.5. The van der Waals surface area contributed by atoms with Crippen LogP contribution in [0.4, 0.5) is 0 Å². The predicted octanol–water partition coefficient (Wildman–Crippen LogP) is 28.0. The molecule has 0 aliphatic carbocycles. The molecule has 17 aromatic rings. The molecule has 0 aliphatic rings. The first-order chi connectivity index (χ1) is 70.1. The summed E-state index contributed by atoms with van der Waals surface area (Å²) in [6, 6.07) is 124. The number of fused-ring (bicyclic) bond motifs is 2. The molecule has 0 spiro atoms. The van der Waals surface area contributed by atoms with E-state index in [1.807, 2.05) is 303 Å². The molecular weight excluding hydrogens is 1820 g/mol. The predicted molar refractivity (Wildman–Crippen MR) is 576 cm³/mol. The van der Waals surface area contributed by atoms with Crippen LogP contribution in [0.15, 0.2) is 388 Å². The fourth-order valence-electron chi connectivity index (χ4n) is 13.7. The Labute approximate surface area is 847 Å². The summed E-state index contributed by atoms with van der Waals surface area (Å²) >= 11 is 0. The molecule has 22 heteroatoms. The second kappa shape index (κ2) is 61.2. The zero-order chi connectivity index (χ0) is 104. The van der Waals surface area contributed by atoms with Gasteiger partial charge in [-0.2, -0.15) is 0 Å². The van der Waals surface area contributed by atoms with Crippen molar-refractivity contribution in [1.29, 1.82) is 0 Å². The smallest absolute Gasteiger partial charge is 0.193 e. The van der Waals surface area contributed by atoms with Crippen LogP contribution in [0.5, 0.6) is 126 Å².